The second kappa shape index (κ2) is 7.87. The lowest BCUT2D eigenvalue weighted by Crippen LogP contribution is -2.32. The van der Waals surface area contributed by atoms with Crippen molar-refractivity contribution in [2.45, 2.75) is 33.3 Å². The number of anilines is 1. The third-order valence-electron chi connectivity index (χ3n) is 5.24. The second-order valence-corrected chi connectivity index (χ2v) is 8.88. The summed E-state index contributed by atoms with van der Waals surface area (Å²) in [5.74, 6) is 1.09. The Morgan fingerprint density at radius 1 is 1.06 bits per heavy atom. The number of carbonyl (C=O) groups excluding carboxylic acids is 1. The molecule has 0 radical (unpaired) electrons. The molecule has 1 aliphatic rings. The van der Waals surface area contributed by atoms with Crippen molar-refractivity contribution < 1.29 is 9.53 Å². The van der Waals surface area contributed by atoms with Crippen molar-refractivity contribution in [1.82, 2.24) is 14.6 Å². The molecule has 7 nitrogen and oxygen atoms in total. The van der Waals surface area contributed by atoms with E-state index in [-0.39, 0.29) is 17.6 Å². The molecule has 0 aliphatic carbocycles. The van der Waals surface area contributed by atoms with Gasteiger partial charge in [0.1, 0.15) is 10.3 Å². The summed E-state index contributed by atoms with van der Waals surface area (Å²) in [7, 11) is 0. The van der Waals surface area contributed by atoms with Crippen LogP contribution in [-0.2, 0) is 4.79 Å². The molecule has 4 aromatic rings. The Morgan fingerprint density at radius 3 is 2.50 bits per heavy atom. The highest BCUT2D eigenvalue weighted by Crippen LogP contribution is 2.35. The zero-order valence-electron chi connectivity index (χ0n) is 18.0. The Labute approximate surface area is 188 Å². The molecular formula is C24H22N4O3S. The normalized spacial score (nSPS) is 15.1. The van der Waals surface area contributed by atoms with Crippen LogP contribution in [0.5, 0.6) is 5.75 Å². The van der Waals surface area contributed by atoms with E-state index in [2.05, 4.69) is 10.1 Å². The van der Waals surface area contributed by atoms with E-state index in [9.17, 15) is 9.59 Å². The average Bonchev–Trinajstić information content (AvgIpc) is 3.40. The van der Waals surface area contributed by atoms with E-state index in [4.69, 9.17) is 4.74 Å². The van der Waals surface area contributed by atoms with Crippen LogP contribution in [0.3, 0.4) is 0 Å². The molecule has 1 aliphatic heterocycles. The van der Waals surface area contributed by atoms with Gasteiger partial charge in [-0.15, -0.1) is 5.10 Å². The van der Waals surface area contributed by atoms with Gasteiger partial charge in [-0.2, -0.15) is 9.50 Å². The lowest BCUT2D eigenvalue weighted by molar-refractivity contribution is -0.113. The fourth-order valence-electron chi connectivity index (χ4n) is 3.91. The molecular weight excluding hydrogens is 424 g/mol. The van der Waals surface area contributed by atoms with Crippen molar-refractivity contribution in [2.24, 2.45) is 0 Å². The van der Waals surface area contributed by atoms with Crippen LogP contribution >= 0.6 is 11.3 Å². The van der Waals surface area contributed by atoms with Gasteiger partial charge in [0.2, 0.25) is 4.96 Å². The highest BCUT2D eigenvalue weighted by Gasteiger charge is 2.33. The van der Waals surface area contributed by atoms with Crippen LogP contribution in [0.2, 0.25) is 0 Å². The number of aromatic nitrogens is 3. The van der Waals surface area contributed by atoms with Crippen LogP contribution in [0, 0.1) is 0 Å². The van der Waals surface area contributed by atoms with E-state index in [1.54, 1.807) is 4.90 Å². The second-order valence-electron chi connectivity index (χ2n) is 7.91. The highest BCUT2D eigenvalue weighted by atomic mass is 32.1. The van der Waals surface area contributed by atoms with E-state index in [0.717, 1.165) is 29.0 Å². The van der Waals surface area contributed by atoms with Gasteiger partial charge < -0.3 is 9.64 Å². The van der Waals surface area contributed by atoms with E-state index in [1.165, 1.54) is 15.9 Å². The monoisotopic (exact) mass is 446 g/mol. The molecule has 0 bridgehead atoms. The van der Waals surface area contributed by atoms with Crippen LogP contribution < -0.4 is 19.7 Å². The number of thiazole rings is 1. The predicted octanol–water partition coefficient (Wildman–Crippen LogP) is 3.28. The third-order valence-corrected chi connectivity index (χ3v) is 6.27. The molecule has 0 saturated heterocycles. The Hall–Kier alpha value is -3.52. The molecule has 0 spiro atoms. The summed E-state index contributed by atoms with van der Waals surface area (Å²) in [4.78, 5) is 33.2. The maximum Gasteiger partial charge on any atom is 0.291 e. The van der Waals surface area contributed by atoms with Crippen molar-refractivity contribution in [3.05, 3.63) is 69.0 Å². The van der Waals surface area contributed by atoms with Crippen molar-refractivity contribution in [3.63, 3.8) is 0 Å². The van der Waals surface area contributed by atoms with Crippen LogP contribution in [0.25, 0.3) is 21.9 Å². The number of hydrogen-bond acceptors (Lipinski definition) is 6. The standard InChI is InChI=1S/C24H22N4O3S/c1-4-13-27-18-8-6-5-7-17(18)19(22(27)29)20-23(30)28-24(32-20)25-21(26-28)15-9-11-16(12-10-15)31-14(2)3/h5-12,14H,4,13H2,1-3H3/b20-19-. The summed E-state index contributed by atoms with van der Waals surface area (Å²) in [6.45, 7) is 6.58. The maximum absolute atomic E-state index is 13.2. The van der Waals surface area contributed by atoms with Gasteiger partial charge >= 0.3 is 0 Å². The Bertz CT molecular complexity index is 1440. The molecule has 3 heterocycles. The largest absolute Gasteiger partial charge is 0.491 e. The third kappa shape index (κ3) is 3.27. The number of ether oxygens (including phenoxy) is 1. The highest BCUT2D eigenvalue weighted by molar-refractivity contribution is 7.15. The smallest absolute Gasteiger partial charge is 0.291 e. The number of nitrogens with zero attached hydrogens (tertiary/aromatic N) is 4. The van der Waals surface area contributed by atoms with E-state index in [0.29, 0.717) is 27.4 Å². The first kappa shape index (κ1) is 20.4. The van der Waals surface area contributed by atoms with Crippen LogP contribution in [0.1, 0.15) is 32.8 Å². The Morgan fingerprint density at radius 2 is 1.81 bits per heavy atom. The van der Waals surface area contributed by atoms with Crippen molar-refractivity contribution in [2.75, 3.05) is 11.4 Å². The quantitative estimate of drug-likeness (QED) is 0.470. The van der Waals surface area contributed by atoms with Gasteiger partial charge in [0.05, 0.1) is 17.4 Å². The van der Waals surface area contributed by atoms with Crippen LogP contribution in [0.15, 0.2) is 53.3 Å². The predicted molar refractivity (Wildman–Crippen MR) is 125 cm³/mol. The molecule has 2 aromatic heterocycles. The molecule has 0 saturated carbocycles. The molecule has 1 amide bonds. The number of amides is 1. The molecule has 0 N–H and O–H groups in total. The lowest BCUT2D eigenvalue weighted by atomic mass is 10.1. The summed E-state index contributed by atoms with van der Waals surface area (Å²) in [6, 6.07) is 15.1. The maximum atomic E-state index is 13.2. The molecule has 5 rings (SSSR count). The van der Waals surface area contributed by atoms with E-state index in [1.807, 2.05) is 69.3 Å². The van der Waals surface area contributed by atoms with E-state index >= 15 is 0 Å². The van der Waals surface area contributed by atoms with Gasteiger partial charge in [-0.05, 0) is 50.6 Å². The number of hydrogen-bond donors (Lipinski definition) is 0. The van der Waals surface area contributed by atoms with Crippen molar-refractivity contribution >= 4 is 33.5 Å². The van der Waals surface area contributed by atoms with Crippen LogP contribution in [0.4, 0.5) is 5.69 Å². The zero-order chi connectivity index (χ0) is 22.4. The summed E-state index contributed by atoms with van der Waals surface area (Å²) < 4.78 is 7.34. The van der Waals surface area contributed by atoms with E-state index < -0.39 is 0 Å². The van der Waals surface area contributed by atoms with Crippen molar-refractivity contribution in [1.29, 1.82) is 0 Å². The van der Waals surface area contributed by atoms with Gasteiger partial charge in [-0.25, -0.2) is 0 Å². The zero-order valence-corrected chi connectivity index (χ0v) is 18.8. The number of fused-ring (bicyclic) bond motifs is 2. The number of carbonyl (C=O) groups is 1. The first-order valence-electron chi connectivity index (χ1n) is 10.6. The minimum atomic E-state index is -0.319. The molecule has 8 heteroatoms. The number of rotatable bonds is 5. The average molecular weight is 447 g/mol. The molecule has 0 unspecified atom stereocenters. The first-order chi connectivity index (χ1) is 15.5. The first-order valence-corrected chi connectivity index (χ1v) is 11.4. The van der Waals surface area contributed by atoms with Gasteiger partial charge in [-0.1, -0.05) is 36.5 Å². The number of para-hydroxylation sites is 1. The SMILES string of the molecule is CCCN1C(=O)/C(=c2\sc3nc(-c4ccc(OC(C)C)cc4)nn3c2=O)c2ccccc21. The van der Waals surface area contributed by atoms with Gasteiger partial charge in [0.15, 0.2) is 5.82 Å². The summed E-state index contributed by atoms with van der Waals surface area (Å²) >= 11 is 1.20. The van der Waals surface area contributed by atoms with Crippen LogP contribution in [-0.4, -0.2) is 33.2 Å². The number of benzene rings is 2. The summed E-state index contributed by atoms with van der Waals surface area (Å²) in [5, 5.41) is 4.43. The molecule has 0 fully saturated rings. The molecule has 162 valence electrons. The van der Waals surface area contributed by atoms with Crippen molar-refractivity contribution in [3.8, 4) is 17.1 Å². The lowest BCUT2D eigenvalue weighted by Gasteiger charge is -2.15. The Balaban J connectivity index is 1.60. The molecule has 0 atom stereocenters. The topological polar surface area (TPSA) is 76.8 Å². The summed E-state index contributed by atoms with van der Waals surface area (Å²) in [6.07, 6.45) is 0.921. The van der Waals surface area contributed by atoms with Gasteiger partial charge in [0.25, 0.3) is 11.5 Å². The molecule has 2 aromatic carbocycles. The Kier molecular flexibility index (Phi) is 5.01. The minimum absolute atomic E-state index is 0.0903. The minimum Gasteiger partial charge on any atom is -0.491 e. The summed E-state index contributed by atoms with van der Waals surface area (Å²) in [5.41, 5.74) is 2.54. The van der Waals surface area contributed by atoms with Gasteiger partial charge in [-0.3, -0.25) is 9.59 Å². The van der Waals surface area contributed by atoms with Gasteiger partial charge in [0, 0.05) is 17.7 Å². The fraction of sp³-hybridized carbons (Fsp3) is 0.250. The fourth-order valence-corrected chi connectivity index (χ4v) is 4.91. The molecule has 32 heavy (non-hydrogen) atoms.